The van der Waals surface area contributed by atoms with Gasteiger partial charge < -0.3 is 14.5 Å². The Hall–Kier alpha value is -2.55. The quantitative estimate of drug-likeness (QED) is 0.697. The van der Waals surface area contributed by atoms with Gasteiger partial charge in [-0.05, 0) is 49.1 Å². The molecule has 0 radical (unpaired) electrons. The van der Waals surface area contributed by atoms with E-state index >= 15 is 0 Å². The zero-order chi connectivity index (χ0) is 16.2. The van der Waals surface area contributed by atoms with Crippen LogP contribution in [0.5, 0.6) is 5.75 Å². The van der Waals surface area contributed by atoms with Crippen molar-refractivity contribution >= 4 is 17.2 Å². The summed E-state index contributed by atoms with van der Waals surface area (Å²) in [5.74, 6) is 0.810. The zero-order valence-electron chi connectivity index (χ0n) is 13.5. The maximum atomic E-state index is 11.6. The van der Waals surface area contributed by atoms with Gasteiger partial charge >= 0.3 is 0 Å². The smallest absolute Gasteiger partial charge is 0.123 e. The fourth-order valence-electron chi connectivity index (χ4n) is 3.10. The molecule has 1 N–H and O–H groups in total. The normalized spacial score (nSPS) is 12.3. The highest BCUT2D eigenvalue weighted by Crippen LogP contribution is 2.28. The van der Waals surface area contributed by atoms with Crippen LogP contribution in [-0.4, -0.2) is 18.4 Å². The number of nitrogens with one attached hydrogen (secondary N) is 1. The number of aldehydes is 1. The van der Waals surface area contributed by atoms with Gasteiger partial charge in [-0.1, -0.05) is 30.3 Å². The molecule has 0 saturated carbocycles. The molecule has 3 heteroatoms. The van der Waals surface area contributed by atoms with E-state index in [9.17, 15) is 4.79 Å². The summed E-state index contributed by atoms with van der Waals surface area (Å²) in [5.41, 5.74) is 4.60. The third-order valence-corrected chi connectivity index (χ3v) is 4.33. The van der Waals surface area contributed by atoms with E-state index in [1.165, 1.54) is 11.1 Å². The lowest BCUT2D eigenvalue weighted by atomic mass is 9.92. The first-order valence-corrected chi connectivity index (χ1v) is 7.85. The zero-order valence-corrected chi connectivity index (χ0v) is 13.5. The van der Waals surface area contributed by atoms with E-state index in [4.69, 9.17) is 4.74 Å². The van der Waals surface area contributed by atoms with Crippen LogP contribution in [0.3, 0.4) is 0 Å². The van der Waals surface area contributed by atoms with Gasteiger partial charge in [-0.25, -0.2) is 0 Å². The monoisotopic (exact) mass is 307 g/mol. The van der Waals surface area contributed by atoms with Gasteiger partial charge in [-0.2, -0.15) is 0 Å². The molecule has 2 aromatic carbocycles. The topological polar surface area (TPSA) is 42.1 Å². The van der Waals surface area contributed by atoms with Crippen molar-refractivity contribution in [1.82, 2.24) is 4.98 Å². The molecule has 0 aliphatic rings. The fourth-order valence-corrected chi connectivity index (χ4v) is 3.10. The molecule has 3 rings (SSSR count). The van der Waals surface area contributed by atoms with Crippen LogP contribution >= 0.6 is 0 Å². The number of hydrogen-bond acceptors (Lipinski definition) is 2. The molecule has 0 saturated heterocycles. The Morgan fingerprint density at radius 2 is 1.91 bits per heavy atom. The van der Waals surface area contributed by atoms with Crippen LogP contribution in [0.25, 0.3) is 10.9 Å². The average molecular weight is 307 g/mol. The highest BCUT2D eigenvalue weighted by Gasteiger charge is 2.16. The van der Waals surface area contributed by atoms with Crippen molar-refractivity contribution in [1.29, 1.82) is 0 Å². The molecule has 0 aliphatic heterocycles. The summed E-state index contributed by atoms with van der Waals surface area (Å²) in [7, 11) is 1.67. The van der Waals surface area contributed by atoms with E-state index in [-0.39, 0.29) is 5.92 Å². The molecule has 1 atom stereocenters. The Balaban J connectivity index is 1.89. The molecule has 0 amide bonds. The maximum Gasteiger partial charge on any atom is 0.123 e. The van der Waals surface area contributed by atoms with Gasteiger partial charge in [0.2, 0.25) is 0 Å². The molecular formula is C20H21NO2. The maximum absolute atomic E-state index is 11.6. The third-order valence-electron chi connectivity index (χ3n) is 4.33. The Bertz CT molecular complexity index is 805. The molecule has 23 heavy (non-hydrogen) atoms. The van der Waals surface area contributed by atoms with Crippen molar-refractivity contribution in [2.24, 2.45) is 5.92 Å². The number of benzene rings is 2. The lowest BCUT2D eigenvalue weighted by molar-refractivity contribution is -0.111. The van der Waals surface area contributed by atoms with Gasteiger partial charge in [0.1, 0.15) is 12.0 Å². The molecule has 0 bridgehead atoms. The van der Waals surface area contributed by atoms with Gasteiger partial charge in [0.15, 0.2) is 0 Å². The molecule has 0 spiro atoms. The van der Waals surface area contributed by atoms with Gasteiger partial charge in [0.25, 0.3) is 0 Å². The van der Waals surface area contributed by atoms with Crippen LogP contribution in [0, 0.1) is 12.8 Å². The van der Waals surface area contributed by atoms with Crippen LogP contribution in [0.1, 0.15) is 16.8 Å². The molecule has 0 aliphatic carbocycles. The summed E-state index contributed by atoms with van der Waals surface area (Å²) in [6, 6.07) is 16.2. The molecular weight excluding hydrogens is 286 g/mol. The standard InChI is InChI=1S/C20H21NO2/c1-14-18(19-12-17(23-2)8-9-20(19)21-14)11-16(13-22)10-15-6-4-3-5-7-15/h3-9,12-13,16,21H,10-11H2,1-2H3/t16-/m0/s1. The second-order valence-electron chi connectivity index (χ2n) is 5.93. The number of carbonyl (C=O) groups excluding carboxylic acids is 1. The van der Waals surface area contributed by atoms with Crippen molar-refractivity contribution in [3.05, 3.63) is 65.4 Å². The number of rotatable bonds is 6. The molecule has 0 unspecified atom stereocenters. The first-order valence-electron chi connectivity index (χ1n) is 7.85. The fraction of sp³-hybridized carbons (Fsp3) is 0.250. The van der Waals surface area contributed by atoms with Crippen LogP contribution in [-0.2, 0) is 17.6 Å². The summed E-state index contributed by atoms with van der Waals surface area (Å²) >= 11 is 0. The van der Waals surface area contributed by atoms with Gasteiger partial charge in [0.05, 0.1) is 7.11 Å². The van der Waals surface area contributed by atoms with Crippen molar-refractivity contribution in [2.45, 2.75) is 19.8 Å². The van der Waals surface area contributed by atoms with E-state index in [2.05, 4.69) is 24.0 Å². The number of ether oxygens (including phenoxy) is 1. The van der Waals surface area contributed by atoms with Gasteiger partial charge in [-0.15, -0.1) is 0 Å². The molecule has 3 nitrogen and oxygen atoms in total. The van der Waals surface area contributed by atoms with Crippen LogP contribution < -0.4 is 4.74 Å². The van der Waals surface area contributed by atoms with E-state index in [0.717, 1.165) is 41.5 Å². The van der Waals surface area contributed by atoms with E-state index in [0.29, 0.717) is 0 Å². The molecule has 0 fully saturated rings. The Morgan fingerprint density at radius 1 is 1.13 bits per heavy atom. The van der Waals surface area contributed by atoms with Crippen LogP contribution in [0.15, 0.2) is 48.5 Å². The van der Waals surface area contributed by atoms with Crippen molar-refractivity contribution < 1.29 is 9.53 Å². The van der Waals surface area contributed by atoms with Gasteiger partial charge in [0, 0.05) is 22.5 Å². The van der Waals surface area contributed by atoms with Crippen LogP contribution in [0.2, 0.25) is 0 Å². The number of aryl methyl sites for hydroxylation is 1. The first kappa shape index (κ1) is 15.3. The summed E-state index contributed by atoms with van der Waals surface area (Å²) in [5, 5.41) is 1.14. The molecule has 3 aromatic rings. The minimum atomic E-state index is -0.0266. The number of hydrogen-bond donors (Lipinski definition) is 1. The SMILES string of the molecule is COc1ccc2[nH]c(C)c(C[C@@H](C=O)Cc3ccccc3)c2c1. The first-order chi connectivity index (χ1) is 11.2. The summed E-state index contributed by atoms with van der Waals surface area (Å²) in [4.78, 5) is 15.0. The van der Waals surface area contributed by atoms with Crippen molar-refractivity contribution in [3.8, 4) is 5.75 Å². The molecule has 1 heterocycles. The van der Waals surface area contributed by atoms with Gasteiger partial charge in [-0.3, -0.25) is 0 Å². The highest BCUT2D eigenvalue weighted by molar-refractivity contribution is 5.86. The second kappa shape index (κ2) is 6.69. The highest BCUT2D eigenvalue weighted by atomic mass is 16.5. The summed E-state index contributed by atoms with van der Waals surface area (Å²) in [6.45, 7) is 2.06. The molecule has 118 valence electrons. The predicted octanol–water partition coefficient (Wildman–Crippen LogP) is 4.09. The van der Waals surface area contributed by atoms with E-state index in [1.54, 1.807) is 7.11 Å². The number of aromatic nitrogens is 1. The lowest BCUT2D eigenvalue weighted by Gasteiger charge is -2.11. The summed E-state index contributed by atoms with van der Waals surface area (Å²) in [6.07, 6.45) is 2.57. The Morgan fingerprint density at radius 3 is 2.61 bits per heavy atom. The number of aromatic amines is 1. The predicted molar refractivity (Wildman–Crippen MR) is 93.0 cm³/mol. The lowest BCUT2D eigenvalue weighted by Crippen LogP contribution is -2.10. The largest absolute Gasteiger partial charge is 0.497 e. The van der Waals surface area contributed by atoms with Crippen molar-refractivity contribution in [3.63, 3.8) is 0 Å². The minimum absolute atomic E-state index is 0.0266. The number of methoxy groups -OCH3 is 1. The average Bonchev–Trinajstić information content (AvgIpc) is 2.90. The van der Waals surface area contributed by atoms with Crippen LogP contribution in [0.4, 0.5) is 0 Å². The van der Waals surface area contributed by atoms with E-state index in [1.807, 2.05) is 36.4 Å². The third kappa shape index (κ3) is 3.29. The summed E-state index contributed by atoms with van der Waals surface area (Å²) < 4.78 is 5.33. The molecule has 1 aromatic heterocycles. The second-order valence-corrected chi connectivity index (χ2v) is 5.93. The Kier molecular flexibility index (Phi) is 4.47. The minimum Gasteiger partial charge on any atom is -0.497 e. The number of carbonyl (C=O) groups is 1. The Labute approximate surface area is 136 Å². The van der Waals surface area contributed by atoms with Crippen molar-refractivity contribution in [2.75, 3.05) is 7.11 Å². The number of H-pyrrole nitrogens is 1. The number of fused-ring (bicyclic) bond motifs is 1. The van der Waals surface area contributed by atoms with E-state index < -0.39 is 0 Å².